The first kappa shape index (κ1) is 45.6. The van der Waals surface area contributed by atoms with Gasteiger partial charge >= 0.3 is 18.1 Å². The van der Waals surface area contributed by atoms with E-state index in [1.807, 2.05) is 24.4 Å². The molecule has 0 radical (unpaired) electrons. The number of urea groups is 1. The predicted octanol–water partition coefficient (Wildman–Crippen LogP) is 6.45. The van der Waals surface area contributed by atoms with Gasteiger partial charge < -0.3 is 40.4 Å². The molecular formula is C44H55FN8O8S. The Hall–Kier alpha value is -5.88. The number of alkyl carbamates (subject to hydrolysis) is 1. The highest BCUT2D eigenvalue weighted by Gasteiger charge is 2.33. The fraction of sp³-hybridized carbons (Fsp3) is 0.477. The number of fused-ring (bicyclic) bond motifs is 1. The van der Waals surface area contributed by atoms with Gasteiger partial charge in [0.25, 0.3) is 5.91 Å². The van der Waals surface area contributed by atoms with Gasteiger partial charge in [-0.1, -0.05) is 33.8 Å². The molecule has 2 unspecified atom stereocenters. The van der Waals surface area contributed by atoms with Crippen LogP contribution in [0.25, 0.3) is 20.8 Å². The van der Waals surface area contributed by atoms with Gasteiger partial charge in [-0.3, -0.25) is 24.5 Å². The van der Waals surface area contributed by atoms with Crippen LogP contribution >= 0.6 is 11.3 Å². The minimum absolute atomic E-state index is 0.0160. The molecule has 4 aromatic rings. The number of ether oxygens (including phenoxy) is 3. The Morgan fingerprint density at radius 2 is 1.61 bits per heavy atom. The molecule has 1 aromatic carbocycles. The molecule has 4 heterocycles. The lowest BCUT2D eigenvalue weighted by atomic mass is 10.0. The maximum Gasteiger partial charge on any atom is 0.408 e. The van der Waals surface area contributed by atoms with Crippen molar-refractivity contribution in [3.63, 3.8) is 0 Å². The predicted molar refractivity (Wildman–Crippen MR) is 232 cm³/mol. The second-order valence-electron chi connectivity index (χ2n) is 17.2. The highest BCUT2D eigenvalue weighted by molar-refractivity contribution is 7.22. The van der Waals surface area contributed by atoms with Crippen molar-refractivity contribution in [1.29, 1.82) is 0 Å². The van der Waals surface area contributed by atoms with E-state index in [-0.39, 0.29) is 35.6 Å². The summed E-state index contributed by atoms with van der Waals surface area (Å²) in [6, 6.07) is 9.64. The average molecular weight is 875 g/mol. The maximum atomic E-state index is 15.0. The molecule has 6 rings (SSSR count). The molecule has 18 heteroatoms. The lowest BCUT2D eigenvalue weighted by Crippen LogP contribution is -2.56. The van der Waals surface area contributed by atoms with Crippen LogP contribution in [-0.2, 0) is 30.4 Å². The standard InChI is InChI=1S/C44H55FN8O8S/c1-25(2)37(51-43(58)61-44(5,6)7)40(55)50-38(26(3)4)41(56)59-24-36(54)53-18-16-52(17-19-53)23-27-8-12-31(47-22-27)35-21-32-39(62-35)34(14-15-46-32)60-33-13-11-29(20-30(33)45)49-42(57)48-28-9-10-28/h8,11-15,20-22,25-26,28,37-38H,9-10,16-19,23-24H2,1-7H3,(H,50,55)(H,51,58)(H2,48,49,57). The lowest BCUT2D eigenvalue weighted by molar-refractivity contribution is -0.156. The van der Waals surface area contributed by atoms with Crippen molar-refractivity contribution in [2.75, 3.05) is 38.1 Å². The number of amides is 5. The maximum absolute atomic E-state index is 15.0. The number of nitrogens with one attached hydrogen (secondary N) is 4. The number of esters is 1. The number of rotatable bonds is 15. The Morgan fingerprint density at radius 1 is 0.887 bits per heavy atom. The van der Waals surface area contributed by atoms with E-state index in [4.69, 9.17) is 19.2 Å². The summed E-state index contributed by atoms with van der Waals surface area (Å²) in [7, 11) is 0. The molecule has 4 N–H and O–H groups in total. The topological polar surface area (TPSA) is 193 Å². The number of nitrogens with zero attached hydrogens (tertiary/aromatic N) is 4. The zero-order chi connectivity index (χ0) is 44.7. The number of hydrogen-bond acceptors (Lipinski definition) is 12. The van der Waals surface area contributed by atoms with Crippen LogP contribution in [0.1, 0.15) is 66.9 Å². The molecule has 16 nitrogen and oxygen atoms in total. The van der Waals surface area contributed by atoms with E-state index in [1.165, 1.54) is 23.5 Å². The van der Waals surface area contributed by atoms with Gasteiger partial charge in [0.15, 0.2) is 18.2 Å². The molecule has 62 heavy (non-hydrogen) atoms. The first-order valence-electron chi connectivity index (χ1n) is 20.8. The van der Waals surface area contributed by atoms with E-state index in [1.54, 1.807) is 71.7 Å². The summed E-state index contributed by atoms with van der Waals surface area (Å²) in [5, 5.41) is 10.7. The van der Waals surface area contributed by atoms with Gasteiger partial charge in [-0.25, -0.2) is 18.8 Å². The van der Waals surface area contributed by atoms with Gasteiger partial charge in [0.1, 0.15) is 23.4 Å². The van der Waals surface area contributed by atoms with E-state index < -0.39 is 48.1 Å². The lowest BCUT2D eigenvalue weighted by Gasteiger charge is -2.34. The fourth-order valence-electron chi connectivity index (χ4n) is 6.58. The highest BCUT2D eigenvalue weighted by atomic mass is 32.1. The third-order valence-electron chi connectivity index (χ3n) is 10.1. The zero-order valence-corrected chi connectivity index (χ0v) is 36.9. The number of piperazine rings is 1. The van der Waals surface area contributed by atoms with Crippen LogP contribution in [0.15, 0.2) is 54.9 Å². The van der Waals surface area contributed by atoms with Crippen molar-refractivity contribution in [2.45, 2.75) is 91.6 Å². The molecule has 2 aliphatic rings. The summed E-state index contributed by atoms with van der Waals surface area (Å²) >= 11 is 1.43. The Morgan fingerprint density at radius 3 is 2.24 bits per heavy atom. The normalized spacial score (nSPS) is 15.5. The van der Waals surface area contributed by atoms with Crippen molar-refractivity contribution in [1.82, 2.24) is 35.7 Å². The van der Waals surface area contributed by atoms with Crippen molar-refractivity contribution in [2.24, 2.45) is 11.8 Å². The molecule has 2 fully saturated rings. The summed E-state index contributed by atoms with van der Waals surface area (Å²) in [6.07, 6.45) is 4.57. The van der Waals surface area contributed by atoms with Gasteiger partial charge in [0, 0.05) is 69.0 Å². The fourth-order valence-corrected chi connectivity index (χ4v) is 7.63. The monoisotopic (exact) mass is 874 g/mol. The number of benzene rings is 1. The van der Waals surface area contributed by atoms with E-state index in [2.05, 4.69) is 31.2 Å². The number of pyridine rings is 2. The number of carbonyl (C=O) groups excluding carboxylic acids is 5. The number of anilines is 1. The third kappa shape index (κ3) is 12.6. The van der Waals surface area contributed by atoms with Gasteiger partial charge in [-0.05, 0) is 75.3 Å². The molecule has 5 amide bonds. The Balaban J connectivity index is 0.966. The van der Waals surface area contributed by atoms with Crippen LogP contribution < -0.4 is 26.0 Å². The summed E-state index contributed by atoms with van der Waals surface area (Å²) in [6.45, 7) is 14.4. The van der Waals surface area contributed by atoms with E-state index in [9.17, 15) is 24.0 Å². The molecule has 0 spiro atoms. The number of thiophene rings is 1. The van der Waals surface area contributed by atoms with E-state index >= 15 is 4.39 Å². The molecule has 1 saturated carbocycles. The van der Waals surface area contributed by atoms with Gasteiger partial charge in [-0.15, -0.1) is 11.3 Å². The molecule has 1 aliphatic heterocycles. The SMILES string of the molecule is CC(C)C(NC(=O)OC(C)(C)C)C(=O)NC(C(=O)OCC(=O)N1CCN(Cc2ccc(-c3cc4nccc(Oc5ccc(NC(=O)NC6CC6)cc5F)c4s3)nc2)CC1)C(C)C. The second kappa shape index (κ2) is 19.9. The molecule has 2 atom stereocenters. The Labute approximate surface area is 364 Å². The van der Waals surface area contributed by atoms with Gasteiger partial charge in [0.2, 0.25) is 5.91 Å². The number of halogens is 1. The summed E-state index contributed by atoms with van der Waals surface area (Å²) in [4.78, 5) is 77.7. The number of carbonyl (C=O) groups is 5. The summed E-state index contributed by atoms with van der Waals surface area (Å²) in [5.74, 6) is -2.44. The van der Waals surface area contributed by atoms with Crippen LogP contribution in [0.4, 0.5) is 19.7 Å². The van der Waals surface area contributed by atoms with E-state index in [0.717, 1.165) is 33.7 Å². The van der Waals surface area contributed by atoms with Crippen LogP contribution in [0.3, 0.4) is 0 Å². The average Bonchev–Trinajstić information content (AvgIpc) is 3.91. The third-order valence-corrected chi connectivity index (χ3v) is 11.2. The first-order valence-corrected chi connectivity index (χ1v) is 21.6. The molecule has 0 bridgehead atoms. The van der Waals surface area contributed by atoms with Crippen LogP contribution in [-0.4, -0.2) is 106 Å². The van der Waals surface area contributed by atoms with Crippen molar-refractivity contribution in [3.05, 3.63) is 66.2 Å². The van der Waals surface area contributed by atoms with E-state index in [0.29, 0.717) is 49.7 Å². The second-order valence-corrected chi connectivity index (χ2v) is 18.2. The minimum atomic E-state index is -1.03. The van der Waals surface area contributed by atoms with Crippen LogP contribution in [0, 0.1) is 17.7 Å². The molecule has 332 valence electrons. The quantitative estimate of drug-likeness (QED) is 0.0960. The number of aromatic nitrogens is 2. The van der Waals surface area contributed by atoms with Crippen LogP contribution in [0.2, 0.25) is 0 Å². The number of hydrogen-bond donors (Lipinski definition) is 4. The summed E-state index contributed by atoms with van der Waals surface area (Å²) in [5.41, 5.74) is 1.99. The summed E-state index contributed by atoms with van der Waals surface area (Å²) < 4.78 is 32.5. The molecule has 1 saturated heterocycles. The zero-order valence-electron chi connectivity index (χ0n) is 36.1. The minimum Gasteiger partial charge on any atom is -0.454 e. The van der Waals surface area contributed by atoms with Crippen molar-refractivity contribution >= 4 is 57.1 Å². The van der Waals surface area contributed by atoms with Gasteiger partial charge in [-0.2, -0.15) is 0 Å². The smallest absolute Gasteiger partial charge is 0.408 e. The largest absolute Gasteiger partial charge is 0.454 e. The Bertz CT molecular complexity index is 2250. The van der Waals surface area contributed by atoms with Crippen LogP contribution in [0.5, 0.6) is 11.5 Å². The highest BCUT2D eigenvalue weighted by Crippen LogP contribution is 2.39. The van der Waals surface area contributed by atoms with Crippen molar-refractivity contribution < 1.29 is 42.6 Å². The molecular weight excluding hydrogens is 820 g/mol. The Kier molecular flexibility index (Phi) is 14.6. The first-order chi connectivity index (χ1) is 29.4. The van der Waals surface area contributed by atoms with Gasteiger partial charge in [0.05, 0.1) is 20.8 Å². The van der Waals surface area contributed by atoms with Crippen molar-refractivity contribution in [3.8, 4) is 22.1 Å². The molecule has 3 aromatic heterocycles. The molecule has 1 aliphatic carbocycles.